The second-order valence-corrected chi connectivity index (χ2v) is 9.40. The van der Waals surface area contributed by atoms with E-state index < -0.39 is 0 Å². The third kappa shape index (κ3) is 7.88. The number of piperidine rings is 1. The van der Waals surface area contributed by atoms with Crippen LogP contribution >= 0.6 is 35.7 Å². The smallest absolute Gasteiger partial charge is 0.191 e. The molecule has 0 bridgehead atoms. The fourth-order valence-electron chi connectivity index (χ4n) is 4.01. The lowest BCUT2D eigenvalue weighted by Crippen LogP contribution is -2.52. The zero-order valence-electron chi connectivity index (χ0n) is 17.7. The average Bonchev–Trinajstić information content (AvgIpc) is 2.74. The summed E-state index contributed by atoms with van der Waals surface area (Å²) in [6.45, 7) is 8.07. The van der Waals surface area contributed by atoms with Gasteiger partial charge in [0.25, 0.3) is 0 Å². The lowest BCUT2D eigenvalue weighted by Gasteiger charge is -2.37. The Bertz CT molecular complexity index is 599. The van der Waals surface area contributed by atoms with Crippen molar-refractivity contribution < 1.29 is 4.74 Å². The van der Waals surface area contributed by atoms with Crippen LogP contribution in [0.4, 0.5) is 0 Å². The Morgan fingerprint density at radius 2 is 2.07 bits per heavy atom. The summed E-state index contributed by atoms with van der Waals surface area (Å²) in [6.07, 6.45) is 6.37. The first kappa shape index (κ1) is 24.7. The standard InChI is InChI=1S/C21H35N5OS.HI/c1-3-28-21(9-14-27-15-10-21)17-24-20(22-2)25-18-7-12-26(13-8-18)16-19-6-4-5-11-23-19;/h4-6,11,18H,3,7-10,12-17H2,1-2H3,(H2,22,24,25);1H. The van der Waals surface area contributed by atoms with Gasteiger partial charge in [-0.25, -0.2) is 0 Å². The van der Waals surface area contributed by atoms with Crippen molar-refractivity contribution in [3.05, 3.63) is 30.1 Å². The number of ether oxygens (including phenoxy) is 1. The van der Waals surface area contributed by atoms with Crippen LogP contribution in [-0.2, 0) is 11.3 Å². The molecule has 2 saturated heterocycles. The number of nitrogens with one attached hydrogen (secondary N) is 2. The highest BCUT2D eigenvalue weighted by Gasteiger charge is 2.33. The van der Waals surface area contributed by atoms with E-state index in [0.29, 0.717) is 6.04 Å². The lowest BCUT2D eigenvalue weighted by atomic mass is 9.99. The van der Waals surface area contributed by atoms with Crippen LogP contribution in [0.1, 0.15) is 38.3 Å². The number of halogens is 1. The molecule has 8 heteroatoms. The van der Waals surface area contributed by atoms with Gasteiger partial charge in [-0.15, -0.1) is 24.0 Å². The third-order valence-electron chi connectivity index (χ3n) is 5.70. The van der Waals surface area contributed by atoms with Crippen LogP contribution in [0.25, 0.3) is 0 Å². The minimum Gasteiger partial charge on any atom is -0.381 e. The molecule has 2 N–H and O–H groups in total. The summed E-state index contributed by atoms with van der Waals surface area (Å²) in [6, 6.07) is 6.63. The number of aromatic nitrogens is 1. The molecule has 0 aliphatic carbocycles. The number of pyridine rings is 1. The normalized spacial score (nSPS) is 20.7. The van der Waals surface area contributed by atoms with E-state index in [4.69, 9.17) is 4.74 Å². The molecule has 0 radical (unpaired) electrons. The molecule has 0 aromatic carbocycles. The Morgan fingerprint density at radius 1 is 1.31 bits per heavy atom. The van der Waals surface area contributed by atoms with Crippen LogP contribution in [-0.4, -0.2) is 72.3 Å². The topological polar surface area (TPSA) is 61.8 Å². The lowest BCUT2D eigenvalue weighted by molar-refractivity contribution is 0.0781. The number of guanidine groups is 1. The zero-order valence-corrected chi connectivity index (χ0v) is 20.9. The Balaban J connectivity index is 0.00000300. The van der Waals surface area contributed by atoms with Crippen LogP contribution < -0.4 is 10.6 Å². The molecule has 0 spiro atoms. The quantitative estimate of drug-likeness (QED) is 0.319. The predicted molar refractivity (Wildman–Crippen MR) is 133 cm³/mol. The average molecular weight is 534 g/mol. The van der Waals surface area contributed by atoms with Gasteiger partial charge in [0, 0.05) is 63.4 Å². The Labute approximate surface area is 197 Å². The van der Waals surface area contributed by atoms with Crippen molar-refractivity contribution in [1.82, 2.24) is 20.5 Å². The first-order chi connectivity index (χ1) is 13.7. The van der Waals surface area contributed by atoms with Gasteiger partial charge in [-0.2, -0.15) is 11.8 Å². The number of thioether (sulfide) groups is 1. The number of hydrogen-bond donors (Lipinski definition) is 2. The number of rotatable bonds is 7. The first-order valence-electron chi connectivity index (χ1n) is 10.5. The summed E-state index contributed by atoms with van der Waals surface area (Å²) in [7, 11) is 1.87. The van der Waals surface area contributed by atoms with Gasteiger partial charge in [0.2, 0.25) is 0 Å². The highest BCUT2D eigenvalue weighted by Crippen LogP contribution is 2.34. The molecule has 0 amide bonds. The van der Waals surface area contributed by atoms with Crippen LogP contribution in [0.15, 0.2) is 29.4 Å². The third-order valence-corrected chi connectivity index (χ3v) is 7.15. The van der Waals surface area contributed by atoms with E-state index in [2.05, 4.69) is 56.3 Å². The number of hydrogen-bond acceptors (Lipinski definition) is 5. The zero-order chi connectivity index (χ0) is 19.7. The van der Waals surface area contributed by atoms with Crippen LogP contribution in [0.3, 0.4) is 0 Å². The second-order valence-electron chi connectivity index (χ2n) is 7.67. The van der Waals surface area contributed by atoms with Gasteiger partial charge in [0.1, 0.15) is 0 Å². The molecule has 6 nitrogen and oxygen atoms in total. The molecule has 164 valence electrons. The SMILES string of the molecule is CCSC1(CNC(=NC)NC2CCN(Cc3ccccn3)CC2)CCOCC1.I. The summed E-state index contributed by atoms with van der Waals surface area (Å²) in [4.78, 5) is 11.4. The van der Waals surface area contributed by atoms with Crippen molar-refractivity contribution in [1.29, 1.82) is 0 Å². The molecule has 0 atom stereocenters. The Kier molecular flexibility index (Phi) is 11.0. The van der Waals surface area contributed by atoms with Gasteiger partial charge in [0.15, 0.2) is 5.96 Å². The van der Waals surface area contributed by atoms with Gasteiger partial charge in [-0.05, 0) is 43.6 Å². The van der Waals surface area contributed by atoms with Gasteiger partial charge in [-0.3, -0.25) is 14.9 Å². The first-order valence-corrected chi connectivity index (χ1v) is 11.5. The molecule has 1 aromatic heterocycles. The van der Waals surface area contributed by atoms with Crippen molar-refractivity contribution in [2.24, 2.45) is 4.99 Å². The molecule has 2 aliphatic rings. The van der Waals surface area contributed by atoms with Crippen molar-refractivity contribution in [2.45, 2.75) is 49.9 Å². The molecule has 0 unspecified atom stereocenters. The number of nitrogens with zero attached hydrogens (tertiary/aromatic N) is 3. The minimum atomic E-state index is 0. The number of likely N-dealkylation sites (tertiary alicyclic amines) is 1. The van der Waals surface area contributed by atoms with Crippen LogP contribution in [0.5, 0.6) is 0 Å². The summed E-state index contributed by atoms with van der Waals surface area (Å²) < 4.78 is 5.86. The van der Waals surface area contributed by atoms with Crippen LogP contribution in [0.2, 0.25) is 0 Å². The van der Waals surface area contributed by atoms with Gasteiger partial charge in [-0.1, -0.05) is 13.0 Å². The minimum absolute atomic E-state index is 0. The molecule has 3 heterocycles. The van der Waals surface area contributed by atoms with E-state index in [-0.39, 0.29) is 28.7 Å². The predicted octanol–water partition coefficient (Wildman–Crippen LogP) is 3.13. The van der Waals surface area contributed by atoms with E-state index in [1.165, 1.54) is 0 Å². The molecule has 0 saturated carbocycles. The van der Waals surface area contributed by atoms with Gasteiger partial charge in [0.05, 0.1) is 5.69 Å². The highest BCUT2D eigenvalue weighted by atomic mass is 127. The summed E-state index contributed by atoms with van der Waals surface area (Å²) in [5.41, 5.74) is 1.15. The summed E-state index contributed by atoms with van der Waals surface area (Å²) >= 11 is 2.06. The number of aliphatic imine (C=N–C) groups is 1. The fraction of sp³-hybridized carbons (Fsp3) is 0.714. The van der Waals surface area contributed by atoms with E-state index >= 15 is 0 Å². The summed E-state index contributed by atoms with van der Waals surface area (Å²) in [5.74, 6) is 2.08. The molecular formula is C21H36IN5OS. The largest absolute Gasteiger partial charge is 0.381 e. The van der Waals surface area contributed by atoms with Crippen molar-refractivity contribution in [3.63, 3.8) is 0 Å². The van der Waals surface area contributed by atoms with E-state index in [1.54, 1.807) is 0 Å². The van der Waals surface area contributed by atoms with E-state index in [0.717, 1.165) is 82.5 Å². The summed E-state index contributed by atoms with van der Waals surface area (Å²) in [5, 5.41) is 7.25. The maximum atomic E-state index is 5.58. The van der Waals surface area contributed by atoms with Gasteiger partial charge >= 0.3 is 0 Å². The monoisotopic (exact) mass is 533 g/mol. The molecule has 1 aromatic rings. The van der Waals surface area contributed by atoms with Gasteiger partial charge < -0.3 is 15.4 Å². The molecule has 2 aliphatic heterocycles. The Hall–Kier alpha value is -0.580. The second kappa shape index (κ2) is 13.0. The highest BCUT2D eigenvalue weighted by molar-refractivity contribution is 14.0. The molecule has 3 rings (SSSR count). The molecule has 29 heavy (non-hydrogen) atoms. The maximum absolute atomic E-state index is 5.58. The van der Waals surface area contributed by atoms with E-state index in [9.17, 15) is 0 Å². The van der Waals surface area contributed by atoms with Crippen molar-refractivity contribution in [3.8, 4) is 0 Å². The Morgan fingerprint density at radius 3 is 2.69 bits per heavy atom. The van der Waals surface area contributed by atoms with E-state index in [1.807, 2.05) is 19.3 Å². The molecule has 2 fully saturated rings. The fourth-order valence-corrected chi connectivity index (χ4v) is 5.25. The van der Waals surface area contributed by atoms with Crippen molar-refractivity contribution >= 4 is 41.7 Å². The van der Waals surface area contributed by atoms with Crippen LogP contribution in [0, 0.1) is 0 Å². The maximum Gasteiger partial charge on any atom is 0.191 e. The van der Waals surface area contributed by atoms with Crippen molar-refractivity contribution in [2.75, 3.05) is 45.6 Å². The molecular weight excluding hydrogens is 497 g/mol.